The van der Waals surface area contributed by atoms with Gasteiger partial charge in [-0.25, -0.2) is 0 Å². The van der Waals surface area contributed by atoms with E-state index >= 15 is 0 Å². The summed E-state index contributed by atoms with van der Waals surface area (Å²) in [6.45, 7) is 8.92. The monoisotopic (exact) mass is 734 g/mol. The second-order valence-electron chi connectivity index (χ2n) is 17.2. The van der Waals surface area contributed by atoms with E-state index in [0.29, 0.717) is 0 Å². The van der Waals surface area contributed by atoms with Crippen LogP contribution in [0, 0.1) is 13.8 Å². The van der Waals surface area contributed by atoms with Crippen molar-refractivity contribution in [3.8, 4) is 11.1 Å². The highest BCUT2D eigenvalue weighted by Crippen LogP contribution is 2.70. The molecule has 0 heterocycles. The summed E-state index contributed by atoms with van der Waals surface area (Å²) in [6.07, 6.45) is 14.8. The van der Waals surface area contributed by atoms with Crippen molar-refractivity contribution in [1.29, 1.82) is 0 Å². The van der Waals surface area contributed by atoms with Crippen molar-refractivity contribution in [3.63, 3.8) is 0 Å². The van der Waals surface area contributed by atoms with Crippen LogP contribution in [0.3, 0.4) is 0 Å². The van der Waals surface area contributed by atoms with Crippen LogP contribution < -0.4 is 9.80 Å². The summed E-state index contributed by atoms with van der Waals surface area (Å²) in [5, 5.41) is 0. The van der Waals surface area contributed by atoms with E-state index in [0.717, 1.165) is 12.8 Å². The Hall–Kier alpha value is -5.08. The van der Waals surface area contributed by atoms with Gasteiger partial charge in [-0.1, -0.05) is 111 Å². The van der Waals surface area contributed by atoms with Gasteiger partial charge in [0.1, 0.15) is 0 Å². The number of nitrogens with zero attached hydrogens (tertiary/aromatic N) is 2. The maximum absolute atomic E-state index is 2.61. The van der Waals surface area contributed by atoms with Crippen molar-refractivity contribution < 1.29 is 0 Å². The fourth-order valence-electron chi connectivity index (χ4n) is 10.9. The molecule has 2 saturated carbocycles. The average molecular weight is 735 g/mol. The average Bonchev–Trinajstić information content (AvgIpc) is 3.81. The number of hydrogen-bond acceptors (Lipinski definition) is 2. The highest BCUT2D eigenvalue weighted by molar-refractivity contribution is 5.87. The van der Waals surface area contributed by atoms with Gasteiger partial charge in [0.2, 0.25) is 0 Å². The third kappa shape index (κ3) is 6.26. The van der Waals surface area contributed by atoms with Crippen molar-refractivity contribution in [2.24, 2.45) is 0 Å². The van der Waals surface area contributed by atoms with Crippen LogP contribution in [-0.2, 0) is 23.7 Å². The van der Waals surface area contributed by atoms with Crippen molar-refractivity contribution in [2.75, 3.05) is 9.80 Å². The van der Waals surface area contributed by atoms with Crippen LogP contribution in [0.4, 0.5) is 34.1 Å². The molecule has 2 heteroatoms. The van der Waals surface area contributed by atoms with E-state index in [1.807, 2.05) is 0 Å². The number of benzene rings is 6. The van der Waals surface area contributed by atoms with Crippen LogP contribution in [0.5, 0.6) is 0 Å². The maximum Gasteiger partial charge on any atom is 0.0465 e. The lowest BCUT2D eigenvalue weighted by atomic mass is 9.55. The van der Waals surface area contributed by atoms with Crippen molar-refractivity contribution in [1.82, 2.24) is 0 Å². The number of anilines is 6. The van der Waals surface area contributed by atoms with Gasteiger partial charge in [0, 0.05) is 45.0 Å². The predicted octanol–water partition coefficient (Wildman–Crippen LogP) is 15.5. The van der Waals surface area contributed by atoms with Gasteiger partial charge in [-0.05, 0) is 171 Å². The number of unbranched alkanes of at least 4 members (excludes halogenated alkanes) is 2. The number of hydrogen-bond donors (Lipinski definition) is 0. The predicted molar refractivity (Wildman–Crippen MR) is 239 cm³/mol. The fourth-order valence-corrected chi connectivity index (χ4v) is 10.9. The van der Waals surface area contributed by atoms with Gasteiger partial charge in [-0.2, -0.15) is 0 Å². The van der Waals surface area contributed by atoms with E-state index in [1.54, 1.807) is 11.1 Å². The maximum atomic E-state index is 2.61. The second kappa shape index (κ2) is 15.1. The third-order valence-electron chi connectivity index (χ3n) is 13.8. The topological polar surface area (TPSA) is 6.48 Å². The van der Waals surface area contributed by atoms with Crippen LogP contribution in [0.15, 0.2) is 133 Å². The van der Waals surface area contributed by atoms with E-state index in [9.17, 15) is 0 Å². The van der Waals surface area contributed by atoms with Gasteiger partial charge in [0.25, 0.3) is 0 Å². The molecule has 0 aliphatic heterocycles. The zero-order chi connectivity index (χ0) is 38.3. The second-order valence-corrected chi connectivity index (χ2v) is 17.2. The molecule has 0 amide bonds. The van der Waals surface area contributed by atoms with Crippen LogP contribution in [-0.4, -0.2) is 0 Å². The normalized spacial score (nSPS) is 19.2. The Morgan fingerprint density at radius 2 is 0.732 bits per heavy atom. The molecule has 9 rings (SSSR count). The highest BCUT2D eigenvalue weighted by Gasteiger charge is 2.62. The summed E-state index contributed by atoms with van der Waals surface area (Å²) < 4.78 is 0. The molecule has 2 fully saturated rings. The molecule has 3 aliphatic rings. The molecule has 284 valence electrons. The smallest absolute Gasteiger partial charge is 0.0465 e. The Balaban J connectivity index is 1.17. The highest BCUT2D eigenvalue weighted by atomic mass is 15.1. The Kier molecular flexibility index (Phi) is 9.86. The summed E-state index contributed by atoms with van der Waals surface area (Å²) in [4.78, 5) is 4.99. The van der Waals surface area contributed by atoms with Gasteiger partial charge < -0.3 is 9.80 Å². The summed E-state index contributed by atoms with van der Waals surface area (Å²) in [6, 6.07) is 51.9. The lowest BCUT2D eigenvalue weighted by Crippen LogP contribution is -2.43. The van der Waals surface area contributed by atoms with Crippen LogP contribution >= 0.6 is 0 Å². The van der Waals surface area contributed by atoms with Crippen LogP contribution in [0.25, 0.3) is 11.1 Å². The minimum Gasteiger partial charge on any atom is -0.310 e. The van der Waals surface area contributed by atoms with Gasteiger partial charge in [0.05, 0.1) is 0 Å². The molecule has 56 heavy (non-hydrogen) atoms. The van der Waals surface area contributed by atoms with Gasteiger partial charge in [0.15, 0.2) is 0 Å². The van der Waals surface area contributed by atoms with E-state index in [-0.39, 0.29) is 10.8 Å². The van der Waals surface area contributed by atoms with E-state index in [1.165, 1.54) is 132 Å². The number of aryl methyl sites for hydroxylation is 4. The van der Waals surface area contributed by atoms with E-state index < -0.39 is 0 Å². The quantitative estimate of drug-likeness (QED) is 0.124. The SMILES string of the molecule is CCCCc1ccc(N(c2ccc(C)cc2)c2ccc3c(c2)C24CCCC2(CCC4)c2cc(N(c4ccc(C)cc4)c4ccc(CCCC)cc4)ccc2-3)cc1. The molecule has 0 spiro atoms. The van der Waals surface area contributed by atoms with Crippen LogP contribution in [0.1, 0.15) is 111 Å². The molecule has 2 nitrogen and oxygen atoms in total. The molecule has 6 aromatic carbocycles. The van der Waals surface area contributed by atoms with Crippen molar-refractivity contribution in [2.45, 2.75) is 116 Å². The molecule has 0 saturated heterocycles. The molecule has 0 aromatic heterocycles. The largest absolute Gasteiger partial charge is 0.310 e. The van der Waals surface area contributed by atoms with E-state index in [2.05, 4.69) is 171 Å². The standard InChI is InChI=1S/C54H58N2/c1-5-7-11-41-17-25-45(26-18-41)55(43-21-13-39(3)14-22-43)47-29-31-49-50-32-30-48(38-52(50)54-35-9-33-53(54,34-10-36-54)51(49)37-47)56(44-23-15-40(4)16-24-44)46-27-19-42(20-28-46)12-8-6-2/h13-32,37-38H,5-12,33-36H2,1-4H3. The lowest BCUT2D eigenvalue weighted by molar-refractivity contribution is 0.299. The summed E-state index contributed by atoms with van der Waals surface area (Å²) in [5.74, 6) is 0. The zero-order valence-electron chi connectivity index (χ0n) is 34.1. The zero-order valence-corrected chi connectivity index (χ0v) is 34.1. The molecule has 3 aliphatic carbocycles. The lowest BCUT2D eigenvalue weighted by Gasteiger charge is -2.48. The summed E-state index contributed by atoms with van der Waals surface area (Å²) >= 11 is 0. The Morgan fingerprint density at radius 1 is 0.411 bits per heavy atom. The molecule has 0 bridgehead atoms. The first-order valence-corrected chi connectivity index (χ1v) is 21.6. The van der Waals surface area contributed by atoms with E-state index in [4.69, 9.17) is 0 Å². The molecule has 6 aromatic rings. The summed E-state index contributed by atoms with van der Waals surface area (Å²) in [5.41, 5.74) is 19.2. The van der Waals surface area contributed by atoms with Crippen molar-refractivity contribution in [3.05, 3.63) is 167 Å². The first-order chi connectivity index (χ1) is 27.4. The first-order valence-electron chi connectivity index (χ1n) is 21.6. The Bertz CT molecular complexity index is 2120. The van der Waals surface area contributed by atoms with Gasteiger partial charge in [-0.3, -0.25) is 0 Å². The van der Waals surface area contributed by atoms with Gasteiger partial charge >= 0.3 is 0 Å². The molecular weight excluding hydrogens is 677 g/mol. The number of rotatable bonds is 12. The van der Waals surface area contributed by atoms with Crippen molar-refractivity contribution >= 4 is 34.1 Å². The minimum absolute atomic E-state index is 0.155. The fraction of sp³-hybridized carbons (Fsp3) is 0.333. The van der Waals surface area contributed by atoms with Crippen LogP contribution in [0.2, 0.25) is 0 Å². The Labute approximate surface area is 336 Å². The first kappa shape index (κ1) is 36.6. The number of fused-ring (bicyclic) bond motifs is 3. The molecule has 0 radical (unpaired) electrons. The molecule has 0 N–H and O–H groups in total. The van der Waals surface area contributed by atoms with Gasteiger partial charge in [-0.15, -0.1) is 0 Å². The third-order valence-corrected chi connectivity index (χ3v) is 13.8. The molecular formula is C54H58N2. The Morgan fingerprint density at radius 3 is 1.07 bits per heavy atom. The minimum atomic E-state index is 0.155. The summed E-state index contributed by atoms with van der Waals surface area (Å²) in [7, 11) is 0. The molecule has 0 atom stereocenters. The molecule has 0 unspecified atom stereocenters.